The molecule has 0 amide bonds. The van der Waals surface area contributed by atoms with Crippen molar-refractivity contribution in [2.24, 2.45) is 0 Å². The van der Waals surface area contributed by atoms with Gasteiger partial charge in [-0.05, 0) is 11.1 Å². The van der Waals surface area contributed by atoms with Crippen LogP contribution in [-0.2, 0) is 15.7 Å². The van der Waals surface area contributed by atoms with Crippen LogP contribution in [0.2, 0.25) is 0 Å². The Morgan fingerprint density at radius 2 is 1.24 bits per heavy atom. The normalized spacial score (nSPS) is 13.3. The molecule has 0 bridgehead atoms. The summed E-state index contributed by atoms with van der Waals surface area (Å²) in [7, 11) is -5.10. The van der Waals surface area contributed by atoms with Crippen molar-refractivity contribution in [1.82, 2.24) is 0 Å². The van der Waals surface area contributed by atoms with Crippen molar-refractivity contribution in [2.45, 2.75) is 11.0 Å². The van der Waals surface area contributed by atoms with Gasteiger partial charge in [0, 0.05) is 0 Å². The molecular formula is C14H13NaO5S. The van der Waals surface area contributed by atoms with Crippen LogP contribution in [0.4, 0.5) is 0 Å². The third-order valence-electron chi connectivity index (χ3n) is 3.06. The van der Waals surface area contributed by atoms with E-state index in [2.05, 4.69) is 0 Å². The van der Waals surface area contributed by atoms with Gasteiger partial charge in [-0.1, -0.05) is 60.7 Å². The number of rotatable bonds is 4. The zero-order valence-corrected chi connectivity index (χ0v) is 14.2. The summed E-state index contributed by atoms with van der Waals surface area (Å²) in [5.41, 5.74) is -4.57. The SMILES string of the molecule is O=S(=O)([O-])C(O)C(O)(c1ccccc1)c1ccccc1.[Na+]. The van der Waals surface area contributed by atoms with E-state index >= 15 is 0 Å². The second kappa shape index (κ2) is 7.02. The number of hydrogen-bond acceptors (Lipinski definition) is 5. The van der Waals surface area contributed by atoms with Crippen LogP contribution in [0, 0.1) is 0 Å². The van der Waals surface area contributed by atoms with E-state index in [0.29, 0.717) is 0 Å². The third-order valence-corrected chi connectivity index (χ3v) is 3.95. The predicted molar refractivity (Wildman–Crippen MR) is 71.6 cm³/mol. The summed E-state index contributed by atoms with van der Waals surface area (Å²) in [5, 5.41) is 20.6. The van der Waals surface area contributed by atoms with Gasteiger partial charge >= 0.3 is 29.6 Å². The third kappa shape index (κ3) is 3.73. The monoisotopic (exact) mass is 316 g/mol. The summed E-state index contributed by atoms with van der Waals surface area (Å²) in [6.07, 6.45) is 0. The Morgan fingerprint density at radius 3 is 1.52 bits per heavy atom. The summed E-state index contributed by atoms with van der Waals surface area (Å²) in [6, 6.07) is 15.4. The Bertz CT molecular complexity index is 634. The molecule has 0 heterocycles. The van der Waals surface area contributed by atoms with E-state index < -0.39 is 21.2 Å². The van der Waals surface area contributed by atoms with E-state index in [1.807, 2.05) is 0 Å². The molecular weight excluding hydrogens is 303 g/mol. The van der Waals surface area contributed by atoms with E-state index in [1.54, 1.807) is 36.4 Å². The van der Waals surface area contributed by atoms with Crippen molar-refractivity contribution >= 4 is 10.1 Å². The second-order valence-corrected chi connectivity index (χ2v) is 5.78. The first-order valence-corrected chi connectivity index (χ1v) is 7.30. The molecule has 0 aromatic heterocycles. The molecule has 0 radical (unpaired) electrons. The first-order valence-electron chi connectivity index (χ1n) is 5.83. The number of aliphatic hydroxyl groups is 2. The van der Waals surface area contributed by atoms with Crippen LogP contribution in [0.3, 0.4) is 0 Å². The van der Waals surface area contributed by atoms with Gasteiger partial charge in [0.25, 0.3) is 0 Å². The van der Waals surface area contributed by atoms with Crippen molar-refractivity contribution < 1.29 is 52.7 Å². The molecule has 1 atom stereocenters. The van der Waals surface area contributed by atoms with E-state index in [0.717, 1.165) is 0 Å². The summed E-state index contributed by atoms with van der Waals surface area (Å²) in [5.74, 6) is 0. The molecule has 2 aromatic rings. The molecule has 106 valence electrons. The predicted octanol–water partition coefficient (Wildman–Crippen LogP) is -2.21. The largest absolute Gasteiger partial charge is 1.00 e. The molecule has 7 heteroatoms. The Morgan fingerprint density at radius 1 is 0.905 bits per heavy atom. The Hall–Kier alpha value is -0.730. The van der Waals surface area contributed by atoms with E-state index in [4.69, 9.17) is 0 Å². The summed E-state index contributed by atoms with van der Waals surface area (Å²) in [4.78, 5) is 0. The average Bonchev–Trinajstić information content (AvgIpc) is 2.46. The van der Waals surface area contributed by atoms with Gasteiger partial charge in [0.2, 0.25) is 0 Å². The van der Waals surface area contributed by atoms with Gasteiger partial charge in [-0.2, -0.15) is 0 Å². The molecule has 5 nitrogen and oxygen atoms in total. The fourth-order valence-corrected chi connectivity index (χ4v) is 2.74. The van der Waals surface area contributed by atoms with E-state index in [-0.39, 0.29) is 40.7 Å². The number of benzene rings is 2. The maximum Gasteiger partial charge on any atom is 1.00 e. The minimum Gasteiger partial charge on any atom is -0.746 e. The fraction of sp³-hybridized carbons (Fsp3) is 0.143. The van der Waals surface area contributed by atoms with Crippen molar-refractivity contribution in [3.05, 3.63) is 71.8 Å². The summed E-state index contributed by atoms with van der Waals surface area (Å²) >= 11 is 0. The van der Waals surface area contributed by atoms with Crippen molar-refractivity contribution in [3.8, 4) is 0 Å². The van der Waals surface area contributed by atoms with Crippen LogP contribution in [0.1, 0.15) is 11.1 Å². The zero-order valence-electron chi connectivity index (χ0n) is 11.4. The molecule has 0 aliphatic carbocycles. The Kier molecular flexibility index (Phi) is 6.12. The standard InChI is InChI=1S/C14H14O5S.Na/c15-13(20(17,18)19)14(16,11-7-3-1-4-8-11)12-9-5-2-6-10-12;/h1-10,13,15-16H,(H,17,18,19);/q;+1/p-1. The molecule has 0 spiro atoms. The molecule has 2 rings (SSSR count). The van der Waals surface area contributed by atoms with E-state index in [9.17, 15) is 23.2 Å². The fourth-order valence-electron chi connectivity index (χ4n) is 2.05. The average molecular weight is 316 g/mol. The van der Waals surface area contributed by atoms with Gasteiger partial charge in [0.05, 0.1) is 0 Å². The Labute approximate surface area is 145 Å². The van der Waals surface area contributed by atoms with Crippen LogP contribution in [0.25, 0.3) is 0 Å². The van der Waals surface area contributed by atoms with Crippen molar-refractivity contribution in [2.75, 3.05) is 0 Å². The van der Waals surface area contributed by atoms with Gasteiger partial charge in [-0.3, -0.25) is 0 Å². The molecule has 0 aliphatic heterocycles. The number of aliphatic hydroxyl groups excluding tert-OH is 1. The minimum atomic E-state index is -5.10. The van der Waals surface area contributed by atoms with Gasteiger partial charge < -0.3 is 14.8 Å². The van der Waals surface area contributed by atoms with Crippen LogP contribution in [0.15, 0.2) is 60.7 Å². The first-order chi connectivity index (χ1) is 9.37. The maximum absolute atomic E-state index is 11.2. The minimum absolute atomic E-state index is 0. The van der Waals surface area contributed by atoms with Crippen LogP contribution in [-0.4, -0.2) is 28.6 Å². The molecule has 0 saturated carbocycles. The molecule has 2 N–H and O–H groups in total. The number of hydrogen-bond donors (Lipinski definition) is 2. The smallest absolute Gasteiger partial charge is 0.746 e. The quantitative estimate of drug-likeness (QED) is 0.492. The van der Waals surface area contributed by atoms with Gasteiger partial charge in [-0.25, -0.2) is 8.42 Å². The van der Waals surface area contributed by atoms with Gasteiger partial charge in [0.1, 0.15) is 10.1 Å². The summed E-state index contributed by atoms with van der Waals surface area (Å²) < 4.78 is 33.5. The van der Waals surface area contributed by atoms with Gasteiger partial charge in [-0.15, -0.1) is 0 Å². The zero-order chi connectivity index (χ0) is 14.8. The maximum atomic E-state index is 11.2. The molecule has 0 fully saturated rings. The van der Waals surface area contributed by atoms with Gasteiger partial charge in [0.15, 0.2) is 11.0 Å². The Balaban J connectivity index is 0.00000220. The van der Waals surface area contributed by atoms with Crippen molar-refractivity contribution in [1.29, 1.82) is 0 Å². The van der Waals surface area contributed by atoms with Crippen molar-refractivity contribution in [3.63, 3.8) is 0 Å². The molecule has 2 aromatic carbocycles. The van der Waals surface area contributed by atoms with Crippen LogP contribution < -0.4 is 29.6 Å². The summed E-state index contributed by atoms with van der Waals surface area (Å²) in [6.45, 7) is 0. The van der Waals surface area contributed by atoms with Crippen LogP contribution in [0.5, 0.6) is 0 Å². The molecule has 0 aliphatic rings. The van der Waals surface area contributed by atoms with E-state index in [1.165, 1.54) is 24.3 Å². The second-order valence-electron chi connectivity index (χ2n) is 4.34. The topological polar surface area (TPSA) is 97.7 Å². The molecule has 1 unspecified atom stereocenters. The first kappa shape index (κ1) is 18.3. The molecule has 21 heavy (non-hydrogen) atoms. The van der Waals surface area contributed by atoms with Crippen LogP contribution >= 0.6 is 0 Å². The molecule has 0 saturated heterocycles.